The van der Waals surface area contributed by atoms with E-state index in [1.165, 1.54) is 11.8 Å². The lowest BCUT2D eigenvalue weighted by atomic mass is 10.1. The number of hydrogen-bond acceptors (Lipinski definition) is 5. The molecular weight excluding hydrogens is 354 g/mol. The van der Waals surface area contributed by atoms with Gasteiger partial charge in [-0.15, -0.1) is 11.8 Å². The van der Waals surface area contributed by atoms with Crippen LogP contribution in [-0.4, -0.2) is 33.5 Å². The Kier molecular flexibility index (Phi) is 5.24. The minimum Gasteiger partial charge on any atom is -0.358 e. The van der Waals surface area contributed by atoms with Crippen molar-refractivity contribution in [3.63, 3.8) is 0 Å². The number of nitrogens with zero attached hydrogens (tertiary/aromatic N) is 2. The maximum atomic E-state index is 13.2. The van der Waals surface area contributed by atoms with E-state index in [0.29, 0.717) is 10.4 Å². The number of benzene rings is 1. The van der Waals surface area contributed by atoms with Gasteiger partial charge in [-0.05, 0) is 37.1 Å². The van der Waals surface area contributed by atoms with Crippen LogP contribution in [0.4, 0.5) is 0 Å². The number of rotatable bonds is 4. The fraction of sp³-hybridized carbons (Fsp3) is 0.389. The van der Waals surface area contributed by atoms with Crippen LogP contribution < -0.4 is 10.9 Å². The zero-order valence-corrected chi connectivity index (χ0v) is 16.4. The maximum absolute atomic E-state index is 13.2. The molecule has 1 aromatic heterocycles. The van der Waals surface area contributed by atoms with Gasteiger partial charge in [0.25, 0.3) is 5.56 Å². The highest BCUT2D eigenvalue weighted by Crippen LogP contribution is 2.35. The van der Waals surface area contributed by atoms with Crippen molar-refractivity contribution in [1.29, 1.82) is 0 Å². The fourth-order valence-electron chi connectivity index (χ4n) is 2.91. The van der Waals surface area contributed by atoms with Gasteiger partial charge in [-0.25, -0.2) is 4.98 Å². The molecule has 3 rings (SSSR count). The molecule has 1 aliphatic rings. The van der Waals surface area contributed by atoms with Gasteiger partial charge in [-0.1, -0.05) is 24.8 Å². The van der Waals surface area contributed by atoms with E-state index in [1.54, 1.807) is 23.4 Å². The molecule has 0 fully saturated rings. The number of amides is 1. The molecule has 2 heterocycles. The van der Waals surface area contributed by atoms with Crippen LogP contribution in [0.5, 0.6) is 0 Å². The van der Waals surface area contributed by atoms with Crippen LogP contribution >= 0.6 is 23.5 Å². The maximum Gasteiger partial charge on any atom is 0.272 e. The third-order valence-corrected chi connectivity index (χ3v) is 6.11. The van der Waals surface area contributed by atoms with Crippen molar-refractivity contribution in [2.24, 2.45) is 0 Å². The molecule has 0 saturated heterocycles. The summed E-state index contributed by atoms with van der Waals surface area (Å²) in [5, 5.41) is 3.53. The third-order valence-electron chi connectivity index (χ3n) is 3.96. The van der Waals surface area contributed by atoms with E-state index in [2.05, 4.69) is 18.3 Å². The Balaban J connectivity index is 2.15. The number of aromatic nitrogens is 2. The van der Waals surface area contributed by atoms with Crippen LogP contribution in [0, 0.1) is 13.8 Å². The number of carbonyl (C=O) groups excluding carboxylic acids is 1. The summed E-state index contributed by atoms with van der Waals surface area (Å²) in [6.45, 7) is 6.12. The Hall–Kier alpha value is -1.73. The first-order chi connectivity index (χ1) is 11.9. The summed E-state index contributed by atoms with van der Waals surface area (Å²) in [6.07, 6.45) is 0.788. The van der Waals surface area contributed by atoms with Gasteiger partial charge in [-0.3, -0.25) is 14.2 Å². The minimum absolute atomic E-state index is 0.0382. The second-order valence-electron chi connectivity index (χ2n) is 6.25. The highest BCUT2D eigenvalue weighted by molar-refractivity contribution is 8.00. The van der Waals surface area contributed by atoms with Gasteiger partial charge in [-0.2, -0.15) is 0 Å². The minimum atomic E-state index is -0.0885. The molecule has 0 aliphatic carbocycles. The average Bonchev–Trinajstić information content (AvgIpc) is 2.92. The fourth-order valence-corrected chi connectivity index (χ4v) is 4.90. The van der Waals surface area contributed by atoms with Gasteiger partial charge in [0.15, 0.2) is 5.16 Å². The van der Waals surface area contributed by atoms with Gasteiger partial charge >= 0.3 is 0 Å². The van der Waals surface area contributed by atoms with Crippen LogP contribution in [0.1, 0.15) is 23.7 Å². The monoisotopic (exact) mass is 375 g/mol. The van der Waals surface area contributed by atoms with Crippen LogP contribution in [0.2, 0.25) is 0 Å². The molecule has 1 unspecified atom stereocenters. The molecule has 0 radical (unpaired) electrons. The Labute approximate surface area is 155 Å². The molecule has 0 spiro atoms. The zero-order valence-electron chi connectivity index (χ0n) is 14.8. The summed E-state index contributed by atoms with van der Waals surface area (Å²) < 4.78 is 1.65. The second-order valence-corrected chi connectivity index (χ2v) is 8.64. The van der Waals surface area contributed by atoms with Crippen LogP contribution in [0.15, 0.2) is 33.0 Å². The van der Waals surface area contributed by atoms with Crippen molar-refractivity contribution in [2.45, 2.75) is 42.5 Å². The normalized spacial score (nSPS) is 15.9. The Morgan fingerprint density at radius 3 is 2.68 bits per heavy atom. The first-order valence-corrected chi connectivity index (χ1v) is 10.00. The van der Waals surface area contributed by atoms with Crippen LogP contribution in [0.25, 0.3) is 5.69 Å². The predicted octanol–water partition coefficient (Wildman–Crippen LogP) is 2.72. The highest BCUT2D eigenvalue weighted by atomic mass is 32.2. The summed E-state index contributed by atoms with van der Waals surface area (Å²) in [4.78, 5) is 30.3. The summed E-state index contributed by atoms with van der Waals surface area (Å²) in [5.41, 5.74) is 3.79. The van der Waals surface area contributed by atoms with Crippen molar-refractivity contribution in [1.82, 2.24) is 14.9 Å². The van der Waals surface area contributed by atoms with E-state index in [0.717, 1.165) is 33.8 Å². The first-order valence-electron chi connectivity index (χ1n) is 8.13. The summed E-state index contributed by atoms with van der Waals surface area (Å²) >= 11 is 2.89. The summed E-state index contributed by atoms with van der Waals surface area (Å²) in [6, 6.07) is 6.04. The molecule has 2 aromatic rings. The molecule has 132 valence electrons. The van der Waals surface area contributed by atoms with Gasteiger partial charge < -0.3 is 5.32 Å². The molecule has 1 aliphatic heterocycles. The van der Waals surface area contributed by atoms with Crippen molar-refractivity contribution >= 4 is 29.4 Å². The molecule has 1 N–H and O–H groups in total. The first kappa shape index (κ1) is 18.1. The lowest BCUT2D eigenvalue weighted by Crippen LogP contribution is -2.25. The number of hydrogen-bond donors (Lipinski definition) is 1. The van der Waals surface area contributed by atoms with Gasteiger partial charge in [0, 0.05) is 18.7 Å². The van der Waals surface area contributed by atoms with E-state index in [-0.39, 0.29) is 17.2 Å². The molecular formula is C18H21N3O2S2. The smallest absolute Gasteiger partial charge is 0.272 e. The molecule has 0 bridgehead atoms. The standard InChI is InChI=1S/C18H21N3O2S2/c1-10-5-11(2)7-13(6-10)21-17(23)16-14(8-12(3)25-16)20-18(21)24-9-15(22)19-4/h5-7,12H,8-9H2,1-4H3,(H,19,22). The lowest BCUT2D eigenvalue weighted by Gasteiger charge is -2.14. The highest BCUT2D eigenvalue weighted by Gasteiger charge is 2.27. The lowest BCUT2D eigenvalue weighted by molar-refractivity contribution is -0.118. The molecule has 7 heteroatoms. The van der Waals surface area contributed by atoms with Gasteiger partial charge in [0.1, 0.15) is 0 Å². The zero-order chi connectivity index (χ0) is 18.1. The topological polar surface area (TPSA) is 64.0 Å². The van der Waals surface area contributed by atoms with Gasteiger partial charge in [0.2, 0.25) is 5.91 Å². The SMILES string of the molecule is CNC(=O)CSc1nc2c(c(=O)n1-c1cc(C)cc(C)c1)SC(C)C2. The predicted molar refractivity (Wildman–Crippen MR) is 103 cm³/mol. The quantitative estimate of drug-likeness (QED) is 0.658. The molecule has 25 heavy (non-hydrogen) atoms. The Morgan fingerprint density at radius 1 is 1.36 bits per heavy atom. The Morgan fingerprint density at radius 2 is 2.04 bits per heavy atom. The largest absolute Gasteiger partial charge is 0.358 e. The summed E-state index contributed by atoms with van der Waals surface area (Å²) in [7, 11) is 1.61. The second kappa shape index (κ2) is 7.25. The van der Waals surface area contributed by atoms with E-state index >= 15 is 0 Å². The van der Waals surface area contributed by atoms with Crippen molar-refractivity contribution in [3.05, 3.63) is 45.4 Å². The molecule has 1 atom stereocenters. The number of thioether (sulfide) groups is 2. The van der Waals surface area contributed by atoms with Crippen molar-refractivity contribution < 1.29 is 4.79 Å². The van der Waals surface area contributed by atoms with E-state index in [1.807, 2.05) is 26.0 Å². The Bertz CT molecular complexity index is 872. The van der Waals surface area contributed by atoms with Crippen LogP contribution in [-0.2, 0) is 11.2 Å². The van der Waals surface area contributed by atoms with Gasteiger partial charge in [0.05, 0.1) is 22.0 Å². The number of aryl methyl sites for hydroxylation is 2. The van der Waals surface area contributed by atoms with E-state index in [9.17, 15) is 9.59 Å². The molecule has 1 amide bonds. The molecule has 0 saturated carbocycles. The summed E-state index contributed by atoms with van der Waals surface area (Å²) in [5.74, 6) is 0.143. The number of fused-ring (bicyclic) bond motifs is 1. The van der Waals surface area contributed by atoms with E-state index in [4.69, 9.17) is 4.98 Å². The van der Waals surface area contributed by atoms with Crippen LogP contribution in [0.3, 0.4) is 0 Å². The van der Waals surface area contributed by atoms with Crippen molar-refractivity contribution in [3.8, 4) is 5.69 Å². The van der Waals surface area contributed by atoms with E-state index < -0.39 is 0 Å². The molecule has 1 aromatic carbocycles. The third kappa shape index (κ3) is 3.77. The molecule has 5 nitrogen and oxygen atoms in total. The number of nitrogens with one attached hydrogen (secondary N) is 1. The average molecular weight is 376 g/mol. The van der Waals surface area contributed by atoms with Crippen molar-refractivity contribution in [2.75, 3.05) is 12.8 Å². The number of carbonyl (C=O) groups is 1.